The zero-order valence-corrected chi connectivity index (χ0v) is 11.1. The summed E-state index contributed by atoms with van der Waals surface area (Å²) in [6.07, 6.45) is 8.27. The molecule has 3 heteroatoms. The average Bonchev–Trinajstić information content (AvgIpc) is 2.76. The number of amides is 1. The summed E-state index contributed by atoms with van der Waals surface area (Å²) >= 11 is 0. The highest BCUT2D eigenvalue weighted by Gasteiger charge is 2.29. The van der Waals surface area contributed by atoms with Crippen molar-refractivity contribution in [2.45, 2.75) is 51.9 Å². The van der Waals surface area contributed by atoms with Gasteiger partial charge in [0.05, 0.1) is 0 Å². The molecule has 1 saturated heterocycles. The summed E-state index contributed by atoms with van der Waals surface area (Å²) < 4.78 is 0. The molecule has 1 heterocycles. The molecule has 2 N–H and O–H groups in total. The monoisotopic (exact) mass is 238 g/mol. The van der Waals surface area contributed by atoms with Crippen LogP contribution >= 0.6 is 0 Å². The van der Waals surface area contributed by atoms with Gasteiger partial charge in [-0.15, -0.1) is 0 Å². The predicted molar refractivity (Wildman–Crippen MR) is 69.8 cm³/mol. The van der Waals surface area contributed by atoms with Crippen molar-refractivity contribution < 1.29 is 4.79 Å². The smallest absolute Gasteiger partial charge is 0.220 e. The van der Waals surface area contributed by atoms with Crippen molar-refractivity contribution in [2.75, 3.05) is 19.6 Å². The number of hydrogen-bond donors (Lipinski definition) is 2. The fourth-order valence-corrected chi connectivity index (χ4v) is 3.14. The summed E-state index contributed by atoms with van der Waals surface area (Å²) in [4.78, 5) is 11.9. The molecule has 0 radical (unpaired) electrons. The van der Waals surface area contributed by atoms with Gasteiger partial charge < -0.3 is 10.6 Å². The Hall–Kier alpha value is -0.570. The Labute approximate surface area is 105 Å². The van der Waals surface area contributed by atoms with E-state index in [4.69, 9.17) is 0 Å². The minimum absolute atomic E-state index is 0.269. The molecule has 0 aromatic rings. The Kier molecular flexibility index (Phi) is 4.43. The third-order valence-corrected chi connectivity index (χ3v) is 4.46. The molecule has 0 bridgehead atoms. The van der Waals surface area contributed by atoms with Crippen LogP contribution in [0.1, 0.15) is 51.9 Å². The van der Waals surface area contributed by atoms with Gasteiger partial charge in [0.1, 0.15) is 0 Å². The number of rotatable bonds is 4. The SMILES string of the molecule is CC1(CNC(=O)CC2CCNCC2)CCCC1. The molecule has 3 nitrogen and oxygen atoms in total. The van der Waals surface area contributed by atoms with Crippen molar-refractivity contribution in [1.29, 1.82) is 0 Å². The van der Waals surface area contributed by atoms with Crippen LogP contribution in [0.3, 0.4) is 0 Å². The Morgan fingerprint density at radius 1 is 1.29 bits per heavy atom. The highest BCUT2D eigenvalue weighted by Crippen LogP contribution is 2.36. The second-order valence-corrected chi connectivity index (χ2v) is 6.19. The van der Waals surface area contributed by atoms with Gasteiger partial charge in [0.2, 0.25) is 5.91 Å². The van der Waals surface area contributed by atoms with E-state index in [-0.39, 0.29) is 5.91 Å². The normalized spacial score (nSPS) is 24.8. The average molecular weight is 238 g/mol. The number of carbonyl (C=O) groups is 1. The number of piperidine rings is 1. The van der Waals surface area contributed by atoms with Gasteiger partial charge in [-0.2, -0.15) is 0 Å². The molecule has 1 aliphatic heterocycles. The maximum atomic E-state index is 11.9. The fraction of sp³-hybridized carbons (Fsp3) is 0.929. The van der Waals surface area contributed by atoms with Crippen LogP contribution in [0.2, 0.25) is 0 Å². The van der Waals surface area contributed by atoms with Crippen LogP contribution < -0.4 is 10.6 Å². The Bertz CT molecular complexity index is 253. The van der Waals surface area contributed by atoms with Gasteiger partial charge in [-0.05, 0) is 50.1 Å². The molecule has 0 spiro atoms. The molecule has 0 atom stereocenters. The Balaban J connectivity index is 1.66. The zero-order chi connectivity index (χ0) is 12.1. The Morgan fingerprint density at radius 3 is 2.59 bits per heavy atom. The number of hydrogen-bond acceptors (Lipinski definition) is 2. The first kappa shape index (κ1) is 12.9. The summed E-state index contributed by atoms with van der Waals surface area (Å²) in [7, 11) is 0. The van der Waals surface area contributed by atoms with E-state index in [1.165, 1.54) is 25.7 Å². The highest BCUT2D eigenvalue weighted by molar-refractivity contribution is 5.76. The lowest BCUT2D eigenvalue weighted by molar-refractivity contribution is -0.122. The summed E-state index contributed by atoms with van der Waals surface area (Å²) in [5.74, 6) is 0.873. The summed E-state index contributed by atoms with van der Waals surface area (Å²) in [5, 5.41) is 6.49. The number of carbonyl (C=O) groups excluding carboxylic acids is 1. The third kappa shape index (κ3) is 3.98. The molecule has 0 unspecified atom stereocenters. The van der Waals surface area contributed by atoms with Gasteiger partial charge in [0, 0.05) is 13.0 Å². The maximum absolute atomic E-state index is 11.9. The van der Waals surface area contributed by atoms with Gasteiger partial charge in [-0.3, -0.25) is 4.79 Å². The van der Waals surface area contributed by atoms with Crippen LogP contribution in [0, 0.1) is 11.3 Å². The number of nitrogens with one attached hydrogen (secondary N) is 2. The van der Waals surface area contributed by atoms with E-state index in [0.717, 1.165) is 38.9 Å². The molecule has 98 valence electrons. The van der Waals surface area contributed by atoms with Crippen molar-refractivity contribution in [3.8, 4) is 0 Å². The van der Waals surface area contributed by atoms with E-state index in [1.54, 1.807) is 0 Å². The van der Waals surface area contributed by atoms with Gasteiger partial charge in [-0.25, -0.2) is 0 Å². The van der Waals surface area contributed by atoms with E-state index in [1.807, 2.05) is 0 Å². The van der Waals surface area contributed by atoms with Crippen LogP contribution in [0.5, 0.6) is 0 Å². The molecule has 1 saturated carbocycles. The molecule has 2 aliphatic rings. The van der Waals surface area contributed by atoms with Crippen molar-refractivity contribution in [2.24, 2.45) is 11.3 Å². The standard InChI is InChI=1S/C14H26N2O/c1-14(6-2-3-7-14)11-16-13(17)10-12-4-8-15-9-5-12/h12,15H,2-11H2,1H3,(H,16,17). The molecule has 1 aliphatic carbocycles. The van der Waals surface area contributed by atoms with Crippen LogP contribution in [-0.2, 0) is 4.79 Å². The second-order valence-electron chi connectivity index (χ2n) is 6.19. The highest BCUT2D eigenvalue weighted by atomic mass is 16.1. The van der Waals surface area contributed by atoms with E-state index >= 15 is 0 Å². The van der Waals surface area contributed by atoms with E-state index in [0.29, 0.717) is 11.3 Å². The topological polar surface area (TPSA) is 41.1 Å². The lowest BCUT2D eigenvalue weighted by atomic mass is 9.88. The van der Waals surface area contributed by atoms with Crippen LogP contribution in [0.4, 0.5) is 0 Å². The van der Waals surface area contributed by atoms with Crippen LogP contribution in [0.15, 0.2) is 0 Å². The van der Waals surface area contributed by atoms with E-state index in [2.05, 4.69) is 17.6 Å². The van der Waals surface area contributed by atoms with Crippen molar-refractivity contribution in [1.82, 2.24) is 10.6 Å². The fourth-order valence-electron chi connectivity index (χ4n) is 3.14. The molecular weight excluding hydrogens is 212 g/mol. The molecule has 2 rings (SSSR count). The minimum Gasteiger partial charge on any atom is -0.356 e. The lowest BCUT2D eigenvalue weighted by Gasteiger charge is -2.25. The van der Waals surface area contributed by atoms with Gasteiger partial charge in [-0.1, -0.05) is 19.8 Å². The zero-order valence-electron chi connectivity index (χ0n) is 11.1. The van der Waals surface area contributed by atoms with Crippen molar-refractivity contribution in [3.63, 3.8) is 0 Å². The van der Waals surface area contributed by atoms with Gasteiger partial charge in [0.15, 0.2) is 0 Å². The first-order chi connectivity index (χ1) is 8.18. The second kappa shape index (κ2) is 5.85. The van der Waals surface area contributed by atoms with Crippen molar-refractivity contribution >= 4 is 5.91 Å². The molecule has 2 fully saturated rings. The minimum atomic E-state index is 0.269. The van der Waals surface area contributed by atoms with Gasteiger partial charge in [0.25, 0.3) is 0 Å². The van der Waals surface area contributed by atoms with Crippen molar-refractivity contribution in [3.05, 3.63) is 0 Å². The molecule has 0 aromatic heterocycles. The van der Waals surface area contributed by atoms with Gasteiger partial charge >= 0.3 is 0 Å². The molecule has 0 aromatic carbocycles. The lowest BCUT2D eigenvalue weighted by Crippen LogP contribution is -2.36. The summed E-state index contributed by atoms with van der Waals surface area (Å²) in [6, 6.07) is 0. The molecule has 17 heavy (non-hydrogen) atoms. The van der Waals surface area contributed by atoms with Crippen LogP contribution in [0.25, 0.3) is 0 Å². The quantitative estimate of drug-likeness (QED) is 0.787. The molecular formula is C14H26N2O. The van der Waals surface area contributed by atoms with E-state index in [9.17, 15) is 4.79 Å². The third-order valence-electron chi connectivity index (χ3n) is 4.46. The largest absolute Gasteiger partial charge is 0.356 e. The van der Waals surface area contributed by atoms with Crippen LogP contribution in [-0.4, -0.2) is 25.5 Å². The first-order valence-electron chi connectivity index (χ1n) is 7.15. The summed E-state index contributed by atoms with van der Waals surface area (Å²) in [6.45, 7) is 5.35. The Morgan fingerprint density at radius 2 is 1.94 bits per heavy atom. The first-order valence-corrected chi connectivity index (χ1v) is 7.15. The maximum Gasteiger partial charge on any atom is 0.220 e. The summed E-state index contributed by atoms with van der Waals surface area (Å²) in [5.41, 5.74) is 0.379. The molecule has 1 amide bonds. The predicted octanol–water partition coefficient (Wildman–Crippen LogP) is 2.07. The van der Waals surface area contributed by atoms with E-state index < -0.39 is 0 Å².